The number of nitrogens with one attached hydrogen (secondary N) is 3. The third-order valence-electron chi connectivity index (χ3n) is 4.78. The van der Waals surface area contributed by atoms with E-state index in [-0.39, 0.29) is 23.6 Å². The number of hydrogen-bond acceptors (Lipinski definition) is 7. The van der Waals surface area contributed by atoms with Gasteiger partial charge in [-0.3, -0.25) is 10.1 Å². The highest BCUT2D eigenvalue weighted by atomic mass is 32.2. The van der Waals surface area contributed by atoms with Gasteiger partial charge in [0.1, 0.15) is 0 Å². The van der Waals surface area contributed by atoms with E-state index in [1.807, 2.05) is 24.3 Å². The first-order chi connectivity index (χ1) is 15.5. The molecule has 0 fully saturated rings. The number of amides is 2. The third kappa shape index (κ3) is 4.42. The highest BCUT2D eigenvalue weighted by Crippen LogP contribution is 2.32. The van der Waals surface area contributed by atoms with Gasteiger partial charge in [0.2, 0.25) is 0 Å². The number of benzene rings is 2. The van der Waals surface area contributed by atoms with E-state index in [0.717, 1.165) is 11.0 Å². The maximum absolute atomic E-state index is 12.8. The first-order valence-corrected chi connectivity index (χ1v) is 10.7. The van der Waals surface area contributed by atoms with Crippen LogP contribution < -0.4 is 10.6 Å². The monoisotopic (exact) mass is 453 g/mol. The van der Waals surface area contributed by atoms with E-state index in [0.29, 0.717) is 16.4 Å². The van der Waals surface area contributed by atoms with Gasteiger partial charge in [0.25, 0.3) is 5.69 Å². The van der Waals surface area contributed by atoms with Crippen LogP contribution in [0, 0.1) is 10.1 Å². The molecule has 0 aliphatic carbocycles. The molecule has 0 spiro atoms. The summed E-state index contributed by atoms with van der Waals surface area (Å²) in [5, 5.41) is 17.2. The Morgan fingerprint density at radius 1 is 1.25 bits per heavy atom. The zero-order valence-electron chi connectivity index (χ0n) is 17.0. The number of aromatic amines is 1. The van der Waals surface area contributed by atoms with E-state index in [1.54, 1.807) is 13.0 Å². The predicted molar refractivity (Wildman–Crippen MR) is 118 cm³/mol. The number of carbonyl (C=O) groups excluding carboxylic acids is 2. The van der Waals surface area contributed by atoms with Crippen LogP contribution >= 0.6 is 11.8 Å². The Balaban J connectivity index is 1.70. The Morgan fingerprint density at radius 2 is 2.06 bits per heavy atom. The van der Waals surface area contributed by atoms with Gasteiger partial charge in [-0.25, -0.2) is 14.6 Å². The average Bonchev–Trinajstić information content (AvgIpc) is 3.20. The van der Waals surface area contributed by atoms with Gasteiger partial charge in [-0.2, -0.15) is 0 Å². The molecule has 11 heteroatoms. The molecule has 3 aromatic rings. The lowest BCUT2D eigenvalue weighted by molar-refractivity contribution is -0.384. The number of imidazole rings is 1. The number of fused-ring (bicyclic) bond motifs is 1. The molecule has 10 nitrogen and oxygen atoms in total. The highest BCUT2D eigenvalue weighted by molar-refractivity contribution is 7.99. The van der Waals surface area contributed by atoms with Crippen molar-refractivity contribution < 1.29 is 19.2 Å². The van der Waals surface area contributed by atoms with Crippen LogP contribution in [0.5, 0.6) is 0 Å². The number of nitrogens with zero attached hydrogens (tertiary/aromatic N) is 2. The number of H-pyrrole nitrogens is 1. The fraction of sp³-hybridized carbons (Fsp3) is 0.190. The molecule has 1 aromatic heterocycles. The number of aromatic nitrogens is 2. The van der Waals surface area contributed by atoms with Crippen LogP contribution in [0.4, 0.5) is 10.5 Å². The van der Waals surface area contributed by atoms with Gasteiger partial charge in [0.15, 0.2) is 5.16 Å². The summed E-state index contributed by atoms with van der Waals surface area (Å²) in [4.78, 5) is 43.6. The number of carbonyl (C=O) groups is 2. The standard InChI is InChI=1S/C21H19N5O5S/c1-2-31-19(27)17-16(11-32-21-23-14-8-3-4-9-15(14)24-21)22-20(28)25-18(17)12-6-5-7-13(10-12)26(29)30/h3-10,18H,2,11H2,1H3,(H,23,24)(H2,22,25,28). The second-order valence-electron chi connectivity index (χ2n) is 6.84. The van der Waals surface area contributed by atoms with Crippen molar-refractivity contribution in [2.45, 2.75) is 18.1 Å². The fourth-order valence-electron chi connectivity index (χ4n) is 3.39. The highest BCUT2D eigenvalue weighted by Gasteiger charge is 2.34. The van der Waals surface area contributed by atoms with Crippen LogP contribution in [0.1, 0.15) is 18.5 Å². The van der Waals surface area contributed by atoms with Gasteiger partial charge < -0.3 is 20.4 Å². The summed E-state index contributed by atoms with van der Waals surface area (Å²) in [6.45, 7) is 1.82. The number of hydrogen-bond donors (Lipinski definition) is 3. The molecule has 0 saturated carbocycles. The number of urea groups is 1. The summed E-state index contributed by atoms with van der Waals surface area (Å²) in [5.41, 5.74) is 2.49. The first-order valence-electron chi connectivity index (χ1n) is 9.76. The van der Waals surface area contributed by atoms with Crippen molar-refractivity contribution in [1.82, 2.24) is 20.6 Å². The molecule has 1 unspecified atom stereocenters. The van der Waals surface area contributed by atoms with Crippen molar-refractivity contribution in [1.29, 1.82) is 0 Å². The van der Waals surface area contributed by atoms with E-state index in [2.05, 4.69) is 20.6 Å². The van der Waals surface area contributed by atoms with Crippen molar-refractivity contribution in [3.05, 3.63) is 75.5 Å². The lowest BCUT2D eigenvalue weighted by Crippen LogP contribution is -2.46. The Hall–Kier alpha value is -3.86. The van der Waals surface area contributed by atoms with E-state index in [1.165, 1.54) is 30.0 Å². The molecule has 2 amide bonds. The van der Waals surface area contributed by atoms with Crippen LogP contribution in [0.2, 0.25) is 0 Å². The number of non-ortho nitro benzene ring substituents is 1. The largest absolute Gasteiger partial charge is 0.463 e. The maximum atomic E-state index is 12.8. The van der Waals surface area contributed by atoms with Gasteiger partial charge in [-0.15, -0.1) is 0 Å². The summed E-state index contributed by atoms with van der Waals surface area (Å²) in [5.74, 6) is -0.385. The molecule has 32 heavy (non-hydrogen) atoms. The summed E-state index contributed by atoms with van der Waals surface area (Å²) < 4.78 is 5.22. The molecule has 0 bridgehead atoms. The maximum Gasteiger partial charge on any atom is 0.338 e. The second-order valence-corrected chi connectivity index (χ2v) is 7.81. The average molecular weight is 453 g/mol. The molecule has 0 saturated heterocycles. The van der Waals surface area contributed by atoms with Crippen molar-refractivity contribution in [2.75, 3.05) is 12.4 Å². The lowest BCUT2D eigenvalue weighted by Gasteiger charge is -2.29. The summed E-state index contributed by atoms with van der Waals surface area (Å²) in [6, 6.07) is 12.0. The molecule has 0 radical (unpaired) electrons. The Bertz CT molecular complexity index is 1210. The van der Waals surface area contributed by atoms with Gasteiger partial charge in [-0.1, -0.05) is 36.0 Å². The molecule has 3 N–H and O–H groups in total. The van der Waals surface area contributed by atoms with E-state index in [9.17, 15) is 19.7 Å². The number of esters is 1. The van der Waals surface area contributed by atoms with E-state index < -0.39 is 23.0 Å². The quantitative estimate of drug-likeness (QED) is 0.215. The molecular weight excluding hydrogens is 434 g/mol. The predicted octanol–water partition coefficient (Wildman–Crippen LogP) is 3.43. The van der Waals surface area contributed by atoms with Crippen molar-refractivity contribution in [2.24, 2.45) is 0 Å². The zero-order valence-corrected chi connectivity index (χ0v) is 17.8. The summed E-state index contributed by atoms with van der Waals surface area (Å²) in [7, 11) is 0. The number of thioether (sulfide) groups is 1. The van der Waals surface area contributed by atoms with E-state index in [4.69, 9.17) is 4.74 Å². The number of ether oxygens (including phenoxy) is 1. The fourth-order valence-corrected chi connectivity index (χ4v) is 4.24. The van der Waals surface area contributed by atoms with Gasteiger partial charge in [0.05, 0.1) is 34.2 Å². The van der Waals surface area contributed by atoms with Crippen LogP contribution in [0.25, 0.3) is 11.0 Å². The number of nitro groups is 1. The molecule has 164 valence electrons. The molecule has 1 aliphatic heterocycles. The number of para-hydroxylation sites is 2. The van der Waals surface area contributed by atoms with Crippen molar-refractivity contribution >= 4 is 40.5 Å². The minimum Gasteiger partial charge on any atom is -0.463 e. The van der Waals surface area contributed by atoms with Crippen LogP contribution in [0.15, 0.2) is 65.0 Å². The van der Waals surface area contributed by atoms with Crippen molar-refractivity contribution in [3.8, 4) is 0 Å². The molecule has 4 rings (SSSR count). The third-order valence-corrected chi connectivity index (χ3v) is 5.68. The van der Waals surface area contributed by atoms with Gasteiger partial charge >= 0.3 is 12.0 Å². The topological polar surface area (TPSA) is 139 Å². The molecule has 2 aromatic carbocycles. The van der Waals surface area contributed by atoms with Gasteiger partial charge in [-0.05, 0) is 24.6 Å². The van der Waals surface area contributed by atoms with Crippen LogP contribution in [0.3, 0.4) is 0 Å². The molecule has 1 aliphatic rings. The second kappa shape index (κ2) is 9.10. The lowest BCUT2D eigenvalue weighted by atomic mass is 9.95. The van der Waals surface area contributed by atoms with Crippen LogP contribution in [-0.2, 0) is 9.53 Å². The van der Waals surface area contributed by atoms with Crippen molar-refractivity contribution in [3.63, 3.8) is 0 Å². The Kier molecular flexibility index (Phi) is 6.08. The van der Waals surface area contributed by atoms with E-state index >= 15 is 0 Å². The minimum absolute atomic E-state index is 0.141. The normalized spacial score (nSPS) is 15.9. The molecular formula is C21H19N5O5S. The number of rotatable bonds is 7. The SMILES string of the molecule is CCOC(=O)C1=C(CSc2nc3ccccc3[nH]2)NC(=O)NC1c1cccc([N+](=O)[O-])c1. The van der Waals surface area contributed by atoms with Crippen LogP contribution in [-0.4, -0.2) is 39.3 Å². The number of nitro benzene ring substituents is 1. The summed E-state index contributed by atoms with van der Waals surface area (Å²) >= 11 is 1.32. The van der Waals surface area contributed by atoms with Gasteiger partial charge in [0, 0.05) is 23.6 Å². The first kappa shape index (κ1) is 21.4. The molecule has 1 atom stereocenters. The smallest absolute Gasteiger partial charge is 0.338 e. The Labute approximate surface area is 186 Å². The molecule has 2 heterocycles. The zero-order chi connectivity index (χ0) is 22.7. The Morgan fingerprint density at radius 3 is 2.81 bits per heavy atom. The minimum atomic E-state index is -0.894. The summed E-state index contributed by atoms with van der Waals surface area (Å²) in [6.07, 6.45) is 0.